The Balaban J connectivity index is 0.000000416. The zero-order chi connectivity index (χ0) is 109. The average Bonchev–Trinajstić information content (AvgIpc) is 0.854. The summed E-state index contributed by atoms with van der Waals surface area (Å²) in [5, 5.41) is 54.6. The number of hydrogen-bond acceptors (Lipinski definition) is 9. The molecule has 0 saturated carbocycles. The third-order valence-corrected chi connectivity index (χ3v) is 27.5. The molecule has 796 valence electrons. The Kier molecular flexibility index (Phi) is 54.7. The van der Waals surface area contributed by atoms with Gasteiger partial charge in [0.05, 0.1) is 11.5 Å². The van der Waals surface area contributed by atoms with Crippen molar-refractivity contribution in [2.75, 3.05) is 25.6 Å². The molecule has 12 rings (SSSR count). The molecule has 1 aliphatic heterocycles. The van der Waals surface area contributed by atoms with Crippen LogP contribution in [0.25, 0.3) is 21.9 Å². The smallest absolute Gasteiger partial charge is 0.150 e. The number of aromatic hydroxyl groups is 5. The molecule has 9 nitrogen and oxygen atoms in total. The number of nitrogens with zero attached hydrogens (tertiary/aromatic N) is 1. The van der Waals surface area contributed by atoms with Crippen molar-refractivity contribution in [2.24, 2.45) is 0 Å². The minimum Gasteiger partial charge on any atom is -0.507 e. The van der Waals surface area contributed by atoms with Crippen LogP contribution in [0.1, 0.15) is 426 Å². The second-order valence-electron chi connectivity index (χ2n) is 49.5. The zero-order valence-corrected chi connectivity index (χ0v) is 98.2. The van der Waals surface area contributed by atoms with Crippen LogP contribution in [-0.2, 0) is 71.5 Å². The molecule has 0 bridgehead atoms. The van der Waals surface area contributed by atoms with Gasteiger partial charge in [-0.2, -0.15) is 0 Å². The first-order valence-corrected chi connectivity index (χ1v) is 56.1. The maximum atomic E-state index is 10.8. The van der Waals surface area contributed by atoms with Gasteiger partial charge in [-0.25, -0.2) is 8.42 Å². The molecule has 0 radical (unpaired) electrons. The number of aryl methyl sites for hydroxylation is 5. The minimum atomic E-state index is -2.55. The predicted octanol–water partition coefficient (Wildman–Crippen LogP) is 38.8. The van der Waals surface area contributed by atoms with Crippen LogP contribution in [0.2, 0.25) is 0 Å². The number of sulfone groups is 1. The molecular weight excluding hydrogens is 1780 g/mol. The van der Waals surface area contributed by atoms with E-state index in [-0.39, 0.29) is 48.7 Å². The SMILES string of the molecule is CC(C)(C)c1cccc(C(C)(C)C)c1O.CCCCCCCCCCCCCC.CCCCCCCCCc1cc(C(C)(C)C)c(O)c(C(C)(C)C)c1.CN(C)Cc1cc(C(C)(C)C)c(O)c(C(C)(C)C)c1.Cc1cc(C(C)(C)C)c(O)c(C(C)(C)C)c1.Cc1cc(C)c(O)c(C(C)(C)C)c1.Cc1cccc2ccccc12.O=S1(=O)CCCC1.c1ccc(-c2ccccc2)cc1.c1ccc(Oc2ccccc2)cc1. The molecule has 0 atom stereocenters. The van der Waals surface area contributed by atoms with Crippen LogP contribution in [0.4, 0.5) is 0 Å². The van der Waals surface area contributed by atoms with E-state index in [1.807, 2.05) is 104 Å². The second-order valence-corrected chi connectivity index (χ2v) is 51.8. The van der Waals surface area contributed by atoms with Crippen LogP contribution in [0.5, 0.6) is 40.2 Å². The Labute approximate surface area is 881 Å². The summed E-state index contributed by atoms with van der Waals surface area (Å²) >= 11 is 0. The number of benzene rings is 11. The molecule has 1 fully saturated rings. The van der Waals surface area contributed by atoms with Crippen LogP contribution in [0.3, 0.4) is 0 Å². The largest absolute Gasteiger partial charge is 0.507 e. The normalized spacial score (nSPS) is 12.5. The highest BCUT2D eigenvalue weighted by atomic mass is 32.2. The number of para-hydroxylation sites is 3. The molecular formula is C134H201NO8S. The van der Waals surface area contributed by atoms with E-state index in [0.29, 0.717) is 40.3 Å². The van der Waals surface area contributed by atoms with Crippen LogP contribution in [0, 0.1) is 27.7 Å². The lowest BCUT2D eigenvalue weighted by Crippen LogP contribution is -2.19. The molecule has 11 aromatic carbocycles. The number of hydrogen-bond donors (Lipinski definition) is 5. The lowest BCUT2D eigenvalue weighted by atomic mass is 9.78. The summed E-state index contributed by atoms with van der Waals surface area (Å²) in [7, 11) is 1.59. The van der Waals surface area contributed by atoms with E-state index in [0.717, 1.165) is 92.9 Å². The second kappa shape index (κ2) is 61.2. The van der Waals surface area contributed by atoms with Gasteiger partial charge in [-0.3, -0.25) is 0 Å². The van der Waals surface area contributed by atoms with Gasteiger partial charge >= 0.3 is 0 Å². The van der Waals surface area contributed by atoms with Gasteiger partial charge in [-0.1, -0.05) is 541 Å². The third-order valence-electron chi connectivity index (χ3n) is 25.6. The molecule has 1 heterocycles. The van der Waals surface area contributed by atoms with E-state index < -0.39 is 9.84 Å². The van der Waals surface area contributed by atoms with Gasteiger partial charge in [-0.15, -0.1) is 0 Å². The van der Waals surface area contributed by atoms with Crippen molar-refractivity contribution in [1.82, 2.24) is 4.90 Å². The topological polar surface area (TPSA) is 148 Å². The lowest BCUT2D eigenvalue weighted by Gasteiger charge is -2.28. The molecule has 0 unspecified atom stereocenters. The van der Waals surface area contributed by atoms with Crippen molar-refractivity contribution in [3.8, 4) is 51.4 Å². The van der Waals surface area contributed by atoms with Crippen LogP contribution >= 0.6 is 0 Å². The van der Waals surface area contributed by atoms with Crippen molar-refractivity contribution < 1.29 is 38.7 Å². The first-order valence-electron chi connectivity index (χ1n) is 54.3. The van der Waals surface area contributed by atoms with Crippen molar-refractivity contribution >= 4 is 20.6 Å². The molecule has 0 spiro atoms. The summed E-state index contributed by atoms with van der Waals surface area (Å²) in [4.78, 5) is 2.16. The number of ether oxygens (including phenoxy) is 1. The van der Waals surface area contributed by atoms with Gasteiger partial charge in [0.15, 0.2) is 0 Å². The van der Waals surface area contributed by atoms with E-state index in [1.54, 1.807) is 0 Å². The zero-order valence-electron chi connectivity index (χ0n) is 97.4. The molecule has 144 heavy (non-hydrogen) atoms. The molecule has 5 N–H and O–H groups in total. The van der Waals surface area contributed by atoms with Gasteiger partial charge in [0.25, 0.3) is 0 Å². The van der Waals surface area contributed by atoms with Crippen LogP contribution < -0.4 is 4.74 Å². The quantitative estimate of drug-likeness (QED) is 0.0373. The van der Waals surface area contributed by atoms with Crippen molar-refractivity contribution in [3.63, 3.8) is 0 Å². The Bertz CT molecular complexity index is 5330. The average molecular weight is 1990 g/mol. The number of phenols is 5. The Hall–Kier alpha value is -9.61. The molecule has 1 aliphatic rings. The fourth-order valence-corrected chi connectivity index (χ4v) is 18.7. The fraction of sp³-hybridized carbons (Fsp3) is 0.522. The highest BCUT2D eigenvalue weighted by Gasteiger charge is 2.31. The van der Waals surface area contributed by atoms with Crippen molar-refractivity contribution in [2.45, 2.75) is 432 Å². The van der Waals surface area contributed by atoms with Crippen molar-refractivity contribution in [3.05, 3.63) is 314 Å². The number of fused-ring (bicyclic) bond motifs is 1. The number of unbranched alkanes of at least 4 members (excludes halogenated alkanes) is 17. The van der Waals surface area contributed by atoms with E-state index in [4.69, 9.17) is 4.74 Å². The van der Waals surface area contributed by atoms with E-state index >= 15 is 0 Å². The standard InChI is InChI=1S/C23H40O.C17H29NO.C15H24O.C14H22O.C14H30.C12H10O.C12H18O.C12H10.C11H10.C4H8O2S/c1-8-9-10-11-12-13-14-15-18-16-19(22(2,3)4)21(24)20(17-18)23(5,6)7;1-16(2,3)13-9-12(11-18(7)8)10-14(15(13)19)17(4,5)6;1-10-8-11(14(2,3)4)13(16)12(9-10)15(5,6)7;1-13(2,3)10-8-7-9-11(12(10)15)14(4,5)6;1-3-5-7-9-11-13-14-12-10-8-6-4-2;1-3-7-11(8-4-1)13-12-9-5-2-6-10-12;1-8-6-9(2)11(13)10(7-8)12(3,4)5;1-3-7-11(8-4-1)12-9-5-2-6-10-12;1-9-5-4-7-10-6-2-3-8-11(9)10;5-7(6)3-1-2-4-7/h16-17,24H,8-15H2,1-7H3;9-10,19H,11H2,1-8H3;8-9,16H,1-7H3;7-9,15H,1-6H3;3-14H2,1-2H3;1-10H;6-7,13H,1-5H3;1-10H;2-8H,1H3;1-4H2. The summed E-state index contributed by atoms with van der Waals surface area (Å²) in [5.41, 5.74) is 19.2. The van der Waals surface area contributed by atoms with E-state index in [1.165, 1.54) is 172 Å². The summed E-state index contributed by atoms with van der Waals surface area (Å²) < 4.78 is 26.4. The van der Waals surface area contributed by atoms with Crippen molar-refractivity contribution in [1.29, 1.82) is 0 Å². The highest BCUT2D eigenvalue weighted by molar-refractivity contribution is 7.91. The number of phenolic OH excluding ortho intramolecular Hbond substituents is 5. The van der Waals surface area contributed by atoms with Gasteiger partial charge in [0.2, 0.25) is 0 Å². The Morgan fingerprint density at radius 3 is 0.826 bits per heavy atom. The summed E-state index contributed by atoms with van der Waals surface area (Å²) in [6, 6.07) is 78.2. The predicted molar refractivity (Wildman–Crippen MR) is 630 cm³/mol. The molecule has 0 aliphatic carbocycles. The molecule has 0 aromatic heterocycles. The Morgan fingerprint density at radius 2 is 0.528 bits per heavy atom. The van der Waals surface area contributed by atoms with Gasteiger partial charge in [-0.05, 0) is 235 Å². The summed E-state index contributed by atoms with van der Waals surface area (Å²) in [6.07, 6.45) is 29.7. The summed E-state index contributed by atoms with van der Waals surface area (Å²) in [5.74, 6) is 4.91. The summed E-state index contributed by atoms with van der Waals surface area (Å²) in [6.45, 7) is 73.8. The first-order chi connectivity index (χ1) is 66.9. The lowest BCUT2D eigenvalue weighted by molar-refractivity contribution is 0.395. The molecule has 0 amide bonds. The molecule has 10 heteroatoms. The van der Waals surface area contributed by atoms with E-state index in [9.17, 15) is 34.0 Å². The fourth-order valence-electron chi connectivity index (χ4n) is 17.2. The third kappa shape index (κ3) is 48.8. The Morgan fingerprint density at radius 1 is 0.271 bits per heavy atom. The molecule has 1 saturated heterocycles. The van der Waals surface area contributed by atoms with E-state index in [2.05, 4.69) is 381 Å². The molecule has 11 aromatic rings. The van der Waals surface area contributed by atoms with Gasteiger partial charge < -0.3 is 35.2 Å². The first kappa shape index (κ1) is 129. The maximum absolute atomic E-state index is 10.8. The van der Waals surface area contributed by atoms with Crippen LogP contribution in [-0.4, -0.2) is 64.5 Å². The number of rotatable bonds is 24. The van der Waals surface area contributed by atoms with Gasteiger partial charge in [0.1, 0.15) is 50.1 Å². The minimum absolute atomic E-state index is 0.00859. The van der Waals surface area contributed by atoms with Crippen LogP contribution in [0.15, 0.2) is 231 Å². The monoisotopic (exact) mass is 1980 g/mol. The highest BCUT2D eigenvalue weighted by Crippen LogP contribution is 2.45. The van der Waals surface area contributed by atoms with Gasteiger partial charge in [0, 0.05) is 6.54 Å². The maximum Gasteiger partial charge on any atom is 0.150 e.